The molecule has 2 atom stereocenters. The van der Waals surface area contributed by atoms with Crippen molar-refractivity contribution in [2.75, 3.05) is 13.1 Å². The van der Waals surface area contributed by atoms with Gasteiger partial charge < -0.3 is 5.73 Å². The number of hydrogen-bond acceptors (Lipinski definition) is 2. The number of benzene rings is 1. The molecule has 1 aliphatic carbocycles. The van der Waals surface area contributed by atoms with E-state index in [0.717, 1.165) is 31.6 Å². The summed E-state index contributed by atoms with van der Waals surface area (Å²) in [6, 6.07) is 5.00. The molecule has 2 nitrogen and oxygen atoms in total. The van der Waals surface area contributed by atoms with Crippen molar-refractivity contribution in [2.24, 2.45) is 11.7 Å². The lowest BCUT2D eigenvalue weighted by atomic mass is 10.2. The molecule has 3 rings (SSSR count). The Morgan fingerprint density at radius 3 is 3.00 bits per heavy atom. The Kier molecular flexibility index (Phi) is 2.25. The number of likely N-dealkylation sites (tertiary alicyclic amines) is 1. The second-order valence-electron chi connectivity index (χ2n) is 5.05. The van der Waals surface area contributed by atoms with E-state index in [1.807, 2.05) is 6.07 Å². The van der Waals surface area contributed by atoms with Gasteiger partial charge in [0, 0.05) is 25.2 Å². The molecule has 0 spiro atoms. The van der Waals surface area contributed by atoms with Crippen molar-refractivity contribution >= 4 is 11.6 Å². The van der Waals surface area contributed by atoms with Crippen molar-refractivity contribution in [3.05, 3.63) is 34.6 Å². The normalized spacial score (nSPS) is 32.8. The van der Waals surface area contributed by atoms with Crippen LogP contribution in [0.1, 0.15) is 12.0 Å². The van der Waals surface area contributed by atoms with Gasteiger partial charge in [0.2, 0.25) is 0 Å². The van der Waals surface area contributed by atoms with E-state index in [0.29, 0.717) is 5.92 Å². The molecule has 1 saturated heterocycles. The van der Waals surface area contributed by atoms with Crippen LogP contribution in [0.3, 0.4) is 0 Å². The molecule has 4 heteroatoms. The van der Waals surface area contributed by atoms with Crippen molar-refractivity contribution in [3.8, 4) is 0 Å². The summed E-state index contributed by atoms with van der Waals surface area (Å²) in [7, 11) is 0. The van der Waals surface area contributed by atoms with E-state index in [1.165, 1.54) is 6.07 Å². The van der Waals surface area contributed by atoms with E-state index in [1.54, 1.807) is 6.07 Å². The molecule has 2 N–H and O–H groups in total. The first-order chi connectivity index (χ1) is 7.57. The van der Waals surface area contributed by atoms with Crippen molar-refractivity contribution < 1.29 is 4.39 Å². The summed E-state index contributed by atoms with van der Waals surface area (Å²) >= 11 is 5.64. The average molecular weight is 241 g/mol. The van der Waals surface area contributed by atoms with Crippen molar-refractivity contribution in [1.29, 1.82) is 0 Å². The zero-order valence-electron chi connectivity index (χ0n) is 8.92. The molecule has 1 aliphatic heterocycles. The predicted octanol–water partition coefficient (Wildman–Crippen LogP) is 2.01. The van der Waals surface area contributed by atoms with Crippen molar-refractivity contribution in [1.82, 2.24) is 4.90 Å². The molecule has 0 aromatic heterocycles. The number of hydrogen-bond donors (Lipinski definition) is 1. The fourth-order valence-electron chi connectivity index (χ4n) is 2.65. The lowest BCUT2D eigenvalue weighted by molar-refractivity contribution is 0.290. The lowest BCUT2D eigenvalue weighted by Gasteiger charge is -2.18. The van der Waals surface area contributed by atoms with Crippen LogP contribution in [0.4, 0.5) is 4.39 Å². The molecular weight excluding hydrogens is 227 g/mol. The van der Waals surface area contributed by atoms with E-state index in [4.69, 9.17) is 17.3 Å². The number of nitrogens with zero attached hydrogens (tertiary/aromatic N) is 1. The van der Waals surface area contributed by atoms with Gasteiger partial charge >= 0.3 is 0 Å². The highest BCUT2D eigenvalue weighted by molar-refractivity contribution is 6.30. The zero-order valence-corrected chi connectivity index (χ0v) is 9.67. The van der Waals surface area contributed by atoms with E-state index >= 15 is 0 Å². The molecule has 0 radical (unpaired) electrons. The fraction of sp³-hybridized carbons (Fsp3) is 0.500. The minimum Gasteiger partial charge on any atom is -0.324 e. The SMILES string of the molecule is N[C@@]12C[C@H]1CN(Cc1ccc(Cl)c(F)c1)C2. The van der Waals surface area contributed by atoms with Crippen LogP contribution in [0, 0.1) is 11.7 Å². The molecular formula is C12H14ClFN2. The van der Waals surface area contributed by atoms with Gasteiger partial charge in [-0.15, -0.1) is 0 Å². The summed E-state index contributed by atoms with van der Waals surface area (Å²) in [6.07, 6.45) is 1.15. The Bertz CT molecular complexity index is 437. The van der Waals surface area contributed by atoms with Gasteiger partial charge in [-0.1, -0.05) is 17.7 Å². The molecule has 0 amide bonds. The van der Waals surface area contributed by atoms with Gasteiger partial charge in [0.05, 0.1) is 5.02 Å². The number of piperidine rings is 1. The number of rotatable bonds is 2. The Labute approximate surface area is 99.2 Å². The van der Waals surface area contributed by atoms with E-state index in [2.05, 4.69) is 4.90 Å². The molecule has 16 heavy (non-hydrogen) atoms. The average Bonchev–Trinajstić information content (AvgIpc) is 2.72. The largest absolute Gasteiger partial charge is 0.324 e. The van der Waals surface area contributed by atoms with Crippen molar-refractivity contribution in [2.45, 2.75) is 18.5 Å². The van der Waals surface area contributed by atoms with Crippen LogP contribution < -0.4 is 5.73 Å². The molecule has 0 unspecified atom stereocenters. The fourth-order valence-corrected chi connectivity index (χ4v) is 2.77. The summed E-state index contributed by atoms with van der Waals surface area (Å²) in [6.45, 7) is 2.74. The number of fused-ring (bicyclic) bond motifs is 1. The maximum absolute atomic E-state index is 13.2. The first kappa shape index (κ1) is 10.5. The second-order valence-corrected chi connectivity index (χ2v) is 5.46. The summed E-state index contributed by atoms with van der Waals surface area (Å²) in [5.41, 5.74) is 7.14. The molecule has 86 valence electrons. The van der Waals surface area contributed by atoms with Gasteiger partial charge in [-0.2, -0.15) is 0 Å². The van der Waals surface area contributed by atoms with Gasteiger partial charge in [-0.05, 0) is 30.0 Å². The van der Waals surface area contributed by atoms with Gasteiger partial charge in [-0.25, -0.2) is 4.39 Å². The summed E-state index contributed by atoms with van der Waals surface area (Å²) in [4.78, 5) is 2.29. The molecule has 0 bridgehead atoms. The minimum atomic E-state index is -0.342. The number of nitrogens with two attached hydrogens (primary N) is 1. The molecule has 2 aliphatic rings. The monoisotopic (exact) mass is 240 g/mol. The Balaban J connectivity index is 1.68. The van der Waals surface area contributed by atoms with E-state index in [-0.39, 0.29) is 16.4 Å². The van der Waals surface area contributed by atoms with Gasteiger partial charge in [0.1, 0.15) is 5.82 Å². The Morgan fingerprint density at radius 1 is 1.56 bits per heavy atom. The Morgan fingerprint density at radius 2 is 2.38 bits per heavy atom. The first-order valence-electron chi connectivity index (χ1n) is 5.52. The summed E-state index contributed by atoms with van der Waals surface area (Å²) in [5.74, 6) is 0.315. The quantitative estimate of drug-likeness (QED) is 0.857. The van der Waals surface area contributed by atoms with Gasteiger partial charge in [0.15, 0.2) is 0 Å². The molecule has 1 saturated carbocycles. The van der Waals surface area contributed by atoms with Gasteiger partial charge in [0.25, 0.3) is 0 Å². The smallest absolute Gasteiger partial charge is 0.142 e. The van der Waals surface area contributed by atoms with E-state index in [9.17, 15) is 4.39 Å². The minimum absolute atomic E-state index is 0.0605. The van der Waals surface area contributed by atoms with Gasteiger partial charge in [-0.3, -0.25) is 4.90 Å². The first-order valence-corrected chi connectivity index (χ1v) is 5.90. The second kappa shape index (κ2) is 3.42. The van der Waals surface area contributed by atoms with E-state index < -0.39 is 0 Å². The van der Waals surface area contributed by atoms with Crippen LogP contribution in [0.25, 0.3) is 0 Å². The van der Waals surface area contributed by atoms with Crippen LogP contribution in [0.2, 0.25) is 5.02 Å². The Hall–Kier alpha value is -0.640. The van der Waals surface area contributed by atoms with Crippen LogP contribution in [0.15, 0.2) is 18.2 Å². The lowest BCUT2D eigenvalue weighted by Crippen LogP contribution is -2.32. The third kappa shape index (κ3) is 1.73. The highest BCUT2D eigenvalue weighted by Gasteiger charge is 2.56. The van der Waals surface area contributed by atoms with Crippen LogP contribution in [-0.2, 0) is 6.54 Å². The molecule has 1 aromatic rings. The van der Waals surface area contributed by atoms with Crippen LogP contribution in [-0.4, -0.2) is 23.5 Å². The highest BCUT2D eigenvalue weighted by Crippen LogP contribution is 2.47. The summed E-state index contributed by atoms with van der Waals surface area (Å²) in [5, 5.41) is 0.184. The standard InChI is InChI=1S/C12H14ClFN2/c13-10-2-1-8(3-11(10)14)5-16-6-9-4-12(9,15)7-16/h1-3,9H,4-7,15H2/t9-,12+/m0/s1. The third-order valence-corrected chi connectivity index (χ3v) is 3.97. The zero-order chi connectivity index (χ0) is 11.3. The van der Waals surface area contributed by atoms with Crippen molar-refractivity contribution in [3.63, 3.8) is 0 Å². The predicted molar refractivity (Wildman–Crippen MR) is 61.7 cm³/mol. The van der Waals surface area contributed by atoms with Crippen LogP contribution >= 0.6 is 11.6 Å². The maximum atomic E-state index is 13.2. The molecule has 1 aromatic carbocycles. The van der Waals surface area contributed by atoms with Crippen LogP contribution in [0.5, 0.6) is 0 Å². The number of halogens is 2. The summed E-state index contributed by atoms with van der Waals surface area (Å²) < 4.78 is 13.2. The topological polar surface area (TPSA) is 29.3 Å². The maximum Gasteiger partial charge on any atom is 0.142 e. The molecule has 2 fully saturated rings. The molecule has 1 heterocycles. The third-order valence-electron chi connectivity index (χ3n) is 3.67. The highest BCUT2D eigenvalue weighted by atomic mass is 35.5.